The third-order valence-electron chi connectivity index (χ3n) is 3.27. The van der Waals surface area contributed by atoms with Gasteiger partial charge in [-0.3, -0.25) is 0 Å². The number of hydrogen-bond donors (Lipinski definition) is 1. The van der Waals surface area contributed by atoms with Crippen LogP contribution in [0, 0.1) is 5.92 Å². The Morgan fingerprint density at radius 2 is 2.07 bits per heavy atom. The molecule has 0 aromatic carbocycles. The maximum Gasteiger partial charge on any atom is 0.338 e. The van der Waals surface area contributed by atoms with E-state index in [9.17, 15) is 4.79 Å². The van der Waals surface area contributed by atoms with Gasteiger partial charge >= 0.3 is 5.97 Å². The number of carbonyl (C=O) groups is 1. The second-order valence-electron chi connectivity index (χ2n) is 4.63. The van der Waals surface area contributed by atoms with E-state index in [1.165, 1.54) is 25.7 Å². The van der Waals surface area contributed by atoms with Crippen molar-refractivity contribution in [3.05, 3.63) is 0 Å². The summed E-state index contributed by atoms with van der Waals surface area (Å²) in [5.41, 5.74) is -0.778. The van der Waals surface area contributed by atoms with E-state index in [1.54, 1.807) is 0 Å². The van der Waals surface area contributed by atoms with E-state index in [4.69, 9.17) is 9.84 Å². The van der Waals surface area contributed by atoms with Crippen LogP contribution in [0.25, 0.3) is 0 Å². The molecule has 0 bridgehead atoms. The predicted octanol–water partition coefficient (Wildman–Crippen LogP) is 2.20. The van der Waals surface area contributed by atoms with Crippen LogP contribution in [0.5, 0.6) is 0 Å². The van der Waals surface area contributed by atoms with Crippen molar-refractivity contribution >= 4 is 5.97 Å². The van der Waals surface area contributed by atoms with Crippen LogP contribution in [-0.4, -0.2) is 23.3 Å². The first-order valence-electron chi connectivity index (χ1n) is 5.60. The van der Waals surface area contributed by atoms with Crippen LogP contribution in [0.4, 0.5) is 0 Å². The highest BCUT2D eigenvalue weighted by Gasteiger charge is 2.51. The predicted molar refractivity (Wildman–Crippen MR) is 52.1 cm³/mol. The number of unbranched alkanes of at least 4 members (excludes halogenated alkanes) is 2. The van der Waals surface area contributed by atoms with Crippen LogP contribution >= 0.6 is 0 Å². The van der Waals surface area contributed by atoms with E-state index in [-0.39, 0.29) is 0 Å². The second-order valence-corrected chi connectivity index (χ2v) is 4.63. The van der Waals surface area contributed by atoms with Gasteiger partial charge in [0, 0.05) is 0 Å². The first-order chi connectivity index (χ1) is 6.73. The molecule has 2 rings (SSSR count). The van der Waals surface area contributed by atoms with E-state index < -0.39 is 11.6 Å². The lowest BCUT2D eigenvalue weighted by Gasteiger charge is -2.05. The Kier molecular flexibility index (Phi) is 2.77. The van der Waals surface area contributed by atoms with Crippen LogP contribution in [0.15, 0.2) is 0 Å². The summed E-state index contributed by atoms with van der Waals surface area (Å²) in [6.07, 6.45) is 8.31. The normalized spacial score (nSPS) is 30.3. The molecule has 1 aliphatic carbocycles. The van der Waals surface area contributed by atoms with E-state index in [1.807, 2.05) is 0 Å². The molecule has 1 saturated carbocycles. The first kappa shape index (κ1) is 9.97. The summed E-state index contributed by atoms with van der Waals surface area (Å²) in [7, 11) is 0. The number of epoxide rings is 1. The van der Waals surface area contributed by atoms with E-state index >= 15 is 0 Å². The molecule has 1 heterocycles. The lowest BCUT2D eigenvalue weighted by atomic mass is 10.0. The molecular formula is C11H18O3. The maximum absolute atomic E-state index is 10.7. The third kappa shape index (κ3) is 2.47. The Morgan fingerprint density at radius 1 is 1.36 bits per heavy atom. The van der Waals surface area contributed by atoms with Gasteiger partial charge in [0.25, 0.3) is 0 Å². The highest BCUT2D eigenvalue weighted by Crippen LogP contribution is 2.36. The summed E-state index contributed by atoms with van der Waals surface area (Å²) in [5, 5.41) is 8.83. The molecule has 0 aromatic rings. The molecule has 1 atom stereocenters. The van der Waals surface area contributed by atoms with Crippen LogP contribution in [-0.2, 0) is 9.53 Å². The Balaban J connectivity index is 1.51. The zero-order valence-corrected chi connectivity index (χ0v) is 8.50. The van der Waals surface area contributed by atoms with Crippen molar-refractivity contribution in [2.45, 2.75) is 50.5 Å². The Morgan fingerprint density at radius 3 is 2.57 bits per heavy atom. The second kappa shape index (κ2) is 3.89. The van der Waals surface area contributed by atoms with Crippen molar-refractivity contribution in [3.63, 3.8) is 0 Å². The van der Waals surface area contributed by atoms with Gasteiger partial charge in [-0.15, -0.1) is 0 Å². The fraction of sp³-hybridized carbons (Fsp3) is 0.909. The minimum absolute atomic E-state index is 0.422. The summed E-state index contributed by atoms with van der Waals surface area (Å²) < 4.78 is 5.00. The van der Waals surface area contributed by atoms with E-state index in [0.29, 0.717) is 13.0 Å². The maximum atomic E-state index is 10.7. The lowest BCUT2D eigenvalue weighted by molar-refractivity contribution is -0.143. The van der Waals surface area contributed by atoms with Gasteiger partial charge in [-0.25, -0.2) is 4.79 Å². The van der Waals surface area contributed by atoms with Crippen molar-refractivity contribution in [2.24, 2.45) is 5.92 Å². The number of ether oxygens (including phenoxy) is 1. The van der Waals surface area contributed by atoms with Crippen molar-refractivity contribution in [1.82, 2.24) is 0 Å². The largest absolute Gasteiger partial charge is 0.479 e. The Labute approximate surface area is 84.4 Å². The summed E-state index contributed by atoms with van der Waals surface area (Å²) in [6.45, 7) is 0.422. The molecule has 1 aliphatic heterocycles. The quantitative estimate of drug-likeness (QED) is 0.504. The molecule has 3 heteroatoms. The van der Waals surface area contributed by atoms with Crippen LogP contribution < -0.4 is 0 Å². The molecule has 3 nitrogen and oxygen atoms in total. The topological polar surface area (TPSA) is 49.8 Å². The standard InChI is InChI=1S/C11H18O3/c12-10(13)11(8-14-11)7-3-1-2-4-9-5-6-9/h9H,1-8H2,(H,12,13). The summed E-state index contributed by atoms with van der Waals surface area (Å²) in [5.74, 6) is 0.223. The van der Waals surface area contributed by atoms with Crippen molar-refractivity contribution in [3.8, 4) is 0 Å². The molecule has 2 fully saturated rings. The highest BCUT2D eigenvalue weighted by atomic mass is 16.6. The fourth-order valence-electron chi connectivity index (χ4n) is 1.89. The van der Waals surface area contributed by atoms with Crippen molar-refractivity contribution in [1.29, 1.82) is 0 Å². The van der Waals surface area contributed by atoms with E-state index in [2.05, 4.69) is 0 Å². The number of aliphatic carboxylic acids is 1. The average molecular weight is 198 g/mol. The highest BCUT2D eigenvalue weighted by molar-refractivity contribution is 5.80. The van der Waals surface area contributed by atoms with Gasteiger partial charge in [-0.05, 0) is 18.8 Å². The molecule has 0 radical (unpaired) electrons. The molecule has 1 unspecified atom stereocenters. The van der Waals surface area contributed by atoms with Gasteiger partial charge in [0.1, 0.15) is 0 Å². The van der Waals surface area contributed by atoms with E-state index in [0.717, 1.165) is 18.8 Å². The summed E-state index contributed by atoms with van der Waals surface area (Å²) in [4.78, 5) is 10.7. The van der Waals surface area contributed by atoms with Crippen LogP contribution in [0.3, 0.4) is 0 Å². The fourth-order valence-corrected chi connectivity index (χ4v) is 1.89. The van der Waals surface area contributed by atoms with Gasteiger partial charge in [0.15, 0.2) is 5.60 Å². The number of hydrogen-bond acceptors (Lipinski definition) is 2. The lowest BCUT2D eigenvalue weighted by Crippen LogP contribution is -2.23. The molecule has 0 aromatic heterocycles. The summed E-state index contributed by atoms with van der Waals surface area (Å²) in [6, 6.07) is 0. The molecule has 2 aliphatic rings. The Bertz CT molecular complexity index is 217. The van der Waals surface area contributed by atoms with Gasteiger partial charge in [-0.2, -0.15) is 0 Å². The SMILES string of the molecule is O=C(O)C1(CCCCCC2CC2)CO1. The number of carboxylic acids is 1. The third-order valence-corrected chi connectivity index (χ3v) is 3.27. The molecular weight excluding hydrogens is 180 g/mol. The molecule has 14 heavy (non-hydrogen) atoms. The van der Waals surface area contributed by atoms with Gasteiger partial charge in [-0.1, -0.05) is 32.1 Å². The molecule has 1 N–H and O–H groups in total. The first-order valence-corrected chi connectivity index (χ1v) is 5.60. The van der Waals surface area contributed by atoms with Crippen LogP contribution in [0.1, 0.15) is 44.9 Å². The minimum atomic E-state index is -0.778. The molecule has 80 valence electrons. The average Bonchev–Trinajstić information content (AvgIpc) is 2.99. The monoisotopic (exact) mass is 198 g/mol. The Hall–Kier alpha value is -0.570. The van der Waals surface area contributed by atoms with Gasteiger partial charge in [0.2, 0.25) is 0 Å². The molecule has 0 amide bonds. The smallest absolute Gasteiger partial charge is 0.338 e. The van der Waals surface area contributed by atoms with Crippen molar-refractivity contribution in [2.75, 3.05) is 6.61 Å². The minimum Gasteiger partial charge on any atom is -0.479 e. The molecule has 0 spiro atoms. The molecule has 1 saturated heterocycles. The van der Waals surface area contributed by atoms with Crippen molar-refractivity contribution < 1.29 is 14.6 Å². The van der Waals surface area contributed by atoms with Gasteiger partial charge < -0.3 is 9.84 Å². The van der Waals surface area contributed by atoms with Gasteiger partial charge in [0.05, 0.1) is 6.61 Å². The van der Waals surface area contributed by atoms with Crippen LogP contribution in [0.2, 0.25) is 0 Å². The zero-order chi connectivity index (χ0) is 10.0. The zero-order valence-electron chi connectivity index (χ0n) is 8.50. The summed E-state index contributed by atoms with van der Waals surface area (Å²) >= 11 is 0. The number of rotatable bonds is 7. The number of carboxylic acid groups (broad SMARTS) is 1.